The number of halogens is 1. The molecule has 0 bridgehead atoms. The molecule has 1 amide bonds. The fourth-order valence-corrected chi connectivity index (χ4v) is 3.50. The highest BCUT2D eigenvalue weighted by Gasteiger charge is 2.29. The molecule has 2 aromatic rings. The van der Waals surface area contributed by atoms with Crippen LogP contribution in [0.25, 0.3) is 0 Å². The van der Waals surface area contributed by atoms with Crippen molar-refractivity contribution in [2.24, 2.45) is 0 Å². The highest BCUT2D eigenvalue weighted by Crippen LogP contribution is 2.24. The summed E-state index contributed by atoms with van der Waals surface area (Å²) < 4.78 is 14.7. The van der Waals surface area contributed by atoms with Crippen molar-refractivity contribution in [3.05, 3.63) is 52.6 Å². The Morgan fingerprint density at radius 2 is 2.04 bits per heavy atom. The highest BCUT2D eigenvalue weighted by molar-refractivity contribution is 7.98. The lowest BCUT2D eigenvalue weighted by atomic mass is 10.0. The van der Waals surface area contributed by atoms with Gasteiger partial charge in [-0.1, -0.05) is 12.1 Å². The van der Waals surface area contributed by atoms with Gasteiger partial charge in [0.2, 0.25) is 5.91 Å². The highest BCUT2D eigenvalue weighted by atomic mass is 32.2. The van der Waals surface area contributed by atoms with Gasteiger partial charge in [-0.25, -0.2) is 9.18 Å². The van der Waals surface area contributed by atoms with E-state index >= 15 is 0 Å². The van der Waals surface area contributed by atoms with Crippen LogP contribution >= 0.6 is 11.8 Å². The zero-order chi connectivity index (χ0) is 18.7. The van der Waals surface area contributed by atoms with Gasteiger partial charge in [0, 0.05) is 42.9 Å². The lowest BCUT2D eigenvalue weighted by Crippen LogP contribution is -2.37. The van der Waals surface area contributed by atoms with Crippen molar-refractivity contribution < 1.29 is 19.1 Å². The molecule has 2 heterocycles. The Labute approximate surface area is 155 Å². The van der Waals surface area contributed by atoms with E-state index in [1.807, 2.05) is 6.26 Å². The van der Waals surface area contributed by atoms with Crippen LogP contribution < -0.4 is 0 Å². The van der Waals surface area contributed by atoms with E-state index in [0.29, 0.717) is 31.5 Å². The molecule has 0 unspecified atom stereocenters. The van der Waals surface area contributed by atoms with Gasteiger partial charge < -0.3 is 10.0 Å². The number of nitrogens with zero attached hydrogens (tertiary/aromatic N) is 3. The van der Waals surface area contributed by atoms with Crippen LogP contribution in [0, 0.1) is 5.82 Å². The number of carbonyl (C=O) groups is 2. The minimum atomic E-state index is -1.10. The van der Waals surface area contributed by atoms with Crippen molar-refractivity contribution in [1.82, 2.24) is 14.7 Å². The van der Waals surface area contributed by atoms with E-state index in [-0.39, 0.29) is 24.0 Å². The van der Waals surface area contributed by atoms with Gasteiger partial charge in [0.05, 0.1) is 6.54 Å². The summed E-state index contributed by atoms with van der Waals surface area (Å²) in [5.74, 6) is -0.635. The Morgan fingerprint density at radius 3 is 2.69 bits per heavy atom. The molecule has 8 heteroatoms. The van der Waals surface area contributed by atoms with Crippen molar-refractivity contribution in [2.45, 2.75) is 25.9 Å². The van der Waals surface area contributed by atoms with Crippen LogP contribution in [0.5, 0.6) is 0 Å². The monoisotopic (exact) mass is 377 g/mol. The Balaban J connectivity index is 1.85. The van der Waals surface area contributed by atoms with Gasteiger partial charge in [-0.05, 0) is 24.0 Å². The first-order valence-electron chi connectivity index (χ1n) is 8.32. The summed E-state index contributed by atoms with van der Waals surface area (Å²) in [6.45, 7) is 1.19. The number of amides is 1. The third-order valence-corrected chi connectivity index (χ3v) is 5.07. The number of hydrogen-bond donors (Lipinski definition) is 1. The average molecular weight is 377 g/mol. The van der Waals surface area contributed by atoms with Crippen molar-refractivity contribution in [3.8, 4) is 0 Å². The Morgan fingerprint density at radius 1 is 1.31 bits per heavy atom. The predicted molar refractivity (Wildman–Crippen MR) is 96.8 cm³/mol. The summed E-state index contributed by atoms with van der Waals surface area (Å²) in [6.07, 6.45) is 2.95. The number of rotatable bonds is 6. The zero-order valence-electron chi connectivity index (χ0n) is 14.4. The third kappa shape index (κ3) is 3.90. The van der Waals surface area contributed by atoms with Gasteiger partial charge in [0.1, 0.15) is 5.82 Å². The number of fused-ring (bicyclic) bond motifs is 1. The SMILES string of the molecule is CSCCC(=O)N1CCc2c(c(C(=O)O)nn2Cc2ccc(F)cc2)C1. The zero-order valence-corrected chi connectivity index (χ0v) is 15.3. The largest absolute Gasteiger partial charge is 0.476 e. The van der Waals surface area contributed by atoms with E-state index in [1.165, 1.54) is 12.1 Å². The standard InChI is InChI=1S/C18H20FN3O3S/c1-26-9-7-16(23)21-8-6-15-14(11-21)17(18(24)25)20-22(15)10-12-2-4-13(19)5-3-12/h2-5H,6-11H2,1H3,(H,24,25). The number of hydrogen-bond acceptors (Lipinski definition) is 4. The molecule has 1 aromatic heterocycles. The van der Waals surface area contributed by atoms with Gasteiger partial charge in [-0.2, -0.15) is 16.9 Å². The van der Waals surface area contributed by atoms with Gasteiger partial charge in [0.25, 0.3) is 0 Å². The summed E-state index contributed by atoms with van der Waals surface area (Å²) in [4.78, 5) is 25.6. The van der Waals surface area contributed by atoms with E-state index in [0.717, 1.165) is 17.0 Å². The Bertz CT molecular complexity index is 820. The first kappa shape index (κ1) is 18.4. The Kier molecular flexibility index (Phi) is 5.61. The van der Waals surface area contributed by atoms with Crippen LogP contribution in [0.4, 0.5) is 4.39 Å². The molecule has 1 aliphatic rings. The van der Waals surface area contributed by atoms with Gasteiger partial charge in [0.15, 0.2) is 5.69 Å². The van der Waals surface area contributed by atoms with E-state index in [2.05, 4.69) is 5.10 Å². The predicted octanol–water partition coefficient (Wildman–Crippen LogP) is 2.41. The molecule has 26 heavy (non-hydrogen) atoms. The maximum Gasteiger partial charge on any atom is 0.356 e. The fourth-order valence-electron chi connectivity index (χ4n) is 3.12. The quantitative estimate of drug-likeness (QED) is 0.837. The van der Waals surface area contributed by atoms with Crippen molar-refractivity contribution in [3.63, 3.8) is 0 Å². The summed E-state index contributed by atoms with van der Waals surface area (Å²) in [5, 5.41) is 13.7. The number of aromatic carboxylic acids is 1. The molecule has 1 aromatic carbocycles. The minimum Gasteiger partial charge on any atom is -0.476 e. The number of aromatic nitrogens is 2. The third-order valence-electron chi connectivity index (χ3n) is 4.45. The molecule has 0 radical (unpaired) electrons. The lowest BCUT2D eigenvalue weighted by Gasteiger charge is -2.27. The van der Waals surface area contributed by atoms with E-state index in [9.17, 15) is 19.1 Å². The molecule has 0 atom stereocenters. The first-order valence-corrected chi connectivity index (χ1v) is 9.72. The number of carboxylic acid groups (broad SMARTS) is 1. The summed E-state index contributed by atoms with van der Waals surface area (Å²) in [6, 6.07) is 6.06. The van der Waals surface area contributed by atoms with Crippen LogP contribution in [0.2, 0.25) is 0 Å². The smallest absolute Gasteiger partial charge is 0.356 e. The minimum absolute atomic E-state index is 0.00974. The number of thioether (sulfide) groups is 1. The number of benzene rings is 1. The van der Waals surface area contributed by atoms with E-state index < -0.39 is 5.97 Å². The molecule has 138 valence electrons. The van der Waals surface area contributed by atoms with Crippen molar-refractivity contribution in [1.29, 1.82) is 0 Å². The molecular weight excluding hydrogens is 357 g/mol. The number of carbonyl (C=O) groups excluding carboxylic acids is 1. The van der Waals surface area contributed by atoms with Gasteiger partial charge in [-0.15, -0.1) is 0 Å². The van der Waals surface area contributed by atoms with Gasteiger partial charge in [-0.3, -0.25) is 9.48 Å². The Hall–Kier alpha value is -2.35. The molecule has 3 rings (SSSR count). The first-order chi connectivity index (χ1) is 12.5. The second kappa shape index (κ2) is 7.90. The van der Waals surface area contributed by atoms with Crippen LogP contribution in [0.3, 0.4) is 0 Å². The van der Waals surface area contributed by atoms with Crippen LogP contribution in [-0.4, -0.2) is 50.2 Å². The second-order valence-electron chi connectivity index (χ2n) is 6.17. The maximum absolute atomic E-state index is 13.1. The molecular formula is C18H20FN3O3S. The second-order valence-corrected chi connectivity index (χ2v) is 7.16. The molecule has 1 aliphatic heterocycles. The summed E-state index contributed by atoms with van der Waals surface area (Å²) >= 11 is 1.61. The molecule has 0 aliphatic carbocycles. The average Bonchev–Trinajstić information content (AvgIpc) is 2.99. The normalized spacial score (nSPS) is 13.5. The van der Waals surface area contributed by atoms with E-state index in [4.69, 9.17) is 0 Å². The fraction of sp³-hybridized carbons (Fsp3) is 0.389. The summed E-state index contributed by atoms with van der Waals surface area (Å²) in [7, 11) is 0. The lowest BCUT2D eigenvalue weighted by molar-refractivity contribution is -0.131. The molecule has 6 nitrogen and oxygen atoms in total. The van der Waals surface area contributed by atoms with Crippen LogP contribution in [0.15, 0.2) is 24.3 Å². The van der Waals surface area contributed by atoms with Crippen LogP contribution in [0.1, 0.15) is 33.7 Å². The maximum atomic E-state index is 13.1. The molecule has 0 spiro atoms. The van der Waals surface area contributed by atoms with Crippen LogP contribution in [-0.2, 0) is 24.3 Å². The molecule has 0 saturated heterocycles. The van der Waals surface area contributed by atoms with Gasteiger partial charge >= 0.3 is 5.97 Å². The van der Waals surface area contributed by atoms with E-state index in [1.54, 1.807) is 33.5 Å². The molecule has 1 N–H and O–H groups in total. The number of carboxylic acids is 1. The molecule has 0 fully saturated rings. The van der Waals surface area contributed by atoms with Crippen molar-refractivity contribution in [2.75, 3.05) is 18.6 Å². The van der Waals surface area contributed by atoms with Crippen molar-refractivity contribution >= 4 is 23.6 Å². The topological polar surface area (TPSA) is 75.4 Å². The molecule has 0 saturated carbocycles. The summed E-state index contributed by atoms with van der Waals surface area (Å²) in [5.41, 5.74) is 2.26.